The number of nitrogens with one attached hydrogen (secondary N) is 4. The van der Waals surface area contributed by atoms with Gasteiger partial charge in [0.1, 0.15) is 171 Å². The van der Waals surface area contributed by atoms with Crippen LogP contribution in [-0.2, 0) is 85.5 Å². The lowest BCUT2D eigenvalue weighted by molar-refractivity contribution is -0.392. The van der Waals surface area contributed by atoms with E-state index in [4.69, 9.17) is 66.3 Å². The minimum Gasteiger partial charge on any atom is -0.394 e. The predicted molar refractivity (Wildman–Crippen MR) is 475 cm³/mol. The Bertz CT molecular complexity index is 3210. The standard InChI is InChI=1S/C92H166N4O38/c1-6-8-10-12-14-16-18-20-21-22-23-24-25-26-27-28-29-31-33-35-37-39-41-43-64(107)96-55(56(106)42-40-38-36-34-32-30-19-17-15-13-11-9-7-2)50-121-89-78(118)76(116)82(62(49-102)128-89)131-92-80(120)85(72(112)63(129-92)51-122-86-66(94-53(4)104)74(114)81(61(48-101)127-86)130-90-77(117)75(115)69(109)58(45-98)125-90)134-91-79(119)84(71(111)60(47-100)126-91)133-88-67(95-54(5)105)83(70(110)59(46-99)124-88)132-87-65(93-52(3)103)73(113)68(108)57(44-97)123-87/h40,42,55-63,65-92,97-102,106,108-120H,6-39,41,43-51H2,1-5H3,(H,93,103)(H,94,104)(H,95,105)(H,96,107)/b42-40+/t55-,56+,57?,58?,59?,60?,61?,62?,63?,65?,66?,67?,68-,69-,70-,71-,72-,73+,74+,75-,76+,77?,78?,79?,80?,81+,82+,83+,84-,85-,86+,87+,88-,89+,90-,91+,92-/m0/s1. The van der Waals surface area contributed by atoms with Crippen LogP contribution in [0.25, 0.3) is 0 Å². The molecule has 782 valence electrons. The minimum atomic E-state index is -2.42. The third-order valence-electron chi connectivity index (χ3n) is 26.2. The largest absolute Gasteiger partial charge is 0.394 e. The molecular formula is C92H166N4O38. The average molecular weight is 1940 g/mol. The van der Waals surface area contributed by atoms with E-state index in [0.29, 0.717) is 12.8 Å². The molecule has 14 unspecified atom stereocenters. The summed E-state index contributed by atoms with van der Waals surface area (Å²) >= 11 is 0. The summed E-state index contributed by atoms with van der Waals surface area (Å²) in [5.41, 5.74) is 0. The van der Waals surface area contributed by atoms with E-state index in [-0.39, 0.29) is 6.42 Å². The van der Waals surface area contributed by atoms with Gasteiger partial charge in [-0.25, -0.2) is 0 Å². The SMILES string of the molecule is CCCCCCCCCCCCC/C=C/[C@@H](O)[C@H](CO[C@@H]1OC(CO)[C@@H](O[C@@H]2OC(CO[C@@H]3OC(CO)[C@@H](O[C@@H]4OC(CO)[C@H](O)[C@H](O)C4O)[C@H](O)C3NC(C)=O)[C@H](O)[C@H](O[C@H]3OC(CO)[C@H](O)[C@H](O[C@@H]4OC(CO)[C@H](O)[C@H](O[C@H]5OC(CO)[C@H](O)[C@H](O)C5NC(C)=O)C4NC(C)=O)C3O)C2O)[C@H](O)C1O)NC(=O)CCCCCCCCCCCCCCCCCCCCCCCCC. The highest BCUT2D eigenvalue weighted by molar-refractivity contribution is 5.76. The van der Waals surface area contributed by atoms with Gasteiger partial charge in [0, 0.05) is 27.2 Å². The maximum atomic E-state index is 13.8. The van der Waals surface area contributed by atoms with Crippen molar-refractivity contribution in [3.8, 4) is 0 Å². The molecule has 134 heavy (non-hydrogen) atoms. The number of rotatable bonds is 64. The van der Waals surface area contributed by atoms with Gasteiger partial charge in [-0.05, 0) is 19.3 Å². The summed E-state index contributed by atoms with van der Waals surface area (Å²) in [5, 5.41) is 237. The zero-order valence-corrected chi connectivity index (χ0v) is 78.9. The topological polar surface area (TPSA) is 650 Å². The van der Waals surface area contributed by atoms with Gasteiger partial charge in [0.15, 0.2) is 44.0 Å². The molecule has 4 amide bonds. The van der Waals surface area contributed by atoms with Gasteiger partial charge in [-0.15, -0.1) is 0 Å². The fraction of sp³-hybridized carbons (Fsp3) is 0.935. The number of carbonyl (C=O) groups excluding carboxylic acids is 4. The summed E-state index contributed by atoms with van der Waals surface area (Å²) in [6.07, 6.45) is -20.7. The first-order valence-electron chi connectivity index (χ1n) is 49.5. The van der Waals surface area contributed by atoms with Crippen molar-refractivity contribution in [2.45, 2.75) is 493 Å². The van der Waals surface area contributed by atoms with Crippen LogP contribution in [0.15, 0.2) is 12.2 Å². The molecule has 24 N–H and O–H groups in total. The molecule has 0 bridgehead atoms. The van der Waals surface area contributed by atoms with Gasteiger partial charge in [0.2, 0.25) is 23.6 Å². The highest BCUT2D eigenvalue weighted by atomic mass is 16.8. The normalized spacial score (nSPS) is 36.5. The first-order chi connectivity index (χ1) is 64.4. The fourth-order valence-electron chi connectivity index (χ4n) is 18.3. The van der Waals surface area contributed by atoms with Crippen molar-refractivity contribution in [3.63, 3.8) is 0 Å². The number of hydrogen-bond donors (Lipinski definition) is 24. The van der Waals surface area contributed by atoms with Crippen molar-refractivity contribution >= 4 is 23.6 Å². The molecule has 7 heterocycles. The lowest BCUT2D eigenvalue weighted by Gasteiger charge is -2.51. The van der Waals surface area contributed by atoms with Gasteiger partial charge in [-0.3, -0.25) is 19.2 Å². The second-order valence-corrected chi connectivity index (χ2v) is 37.1. The van der Waals surface area contributed by atoms with E-state index in [1.165, 1.54) is 148 Å². The number of carbonyl (C=O) groups is 4. The van der Waals surface area contributed by atoms with Gasteiger partial charge in [-0.2, -0.15) is 0 Å². The third kappa shape index (κ3) is 36.6. The average Bonchev–Trinajstić information content (AvgIpc) is 0.771. The smallest absolute Gasteiger partial charge is 0.220 e. The predicted octanol–water partition coefficient (Wildman–Crippen LogP) is -1.34. The Balaban J connectivity index is 1.07. The number of ether oxygens (including phenoxy) is 14. The Hall–Kier alpha value is -3.74. The van der Waals surface area contributed by atoms with Crippen LogP contribution in [-0.4, -0.2) is 406 Å². The molecule has 0 aromatic heterocycles. The van der Waals surface area contributed by atoms with E-state index in [1.54, 1.807) is 6.08 Å². The zero-order chi connectivity index (χ0) is 97.9. The molecule has 7 fully saturated rings. The fourth-order valence-corrected chi connectivity index (χ4v) is 18.3. The van der Waals surface area contributed by atoms with Crippen LogP contribution in [0, 0.1) is 0 Å². The van der Waals surface area contributed by atoms with Crippen LogP contribution >= 0.6 is 0 Å². The van der Waals surface area contributed by atoms with Crippen LogP contribution in [0.5, 0.6) is 0 Å². The van der Waals surface area contributed by atoms with Gasteiger partial charge < -0.3 is 190 Å². The van der Waals surface area contributed by atoms with Gasteiger partial charge >= 0.3 is 0 Å². The summed E-state index contributed by atoms with van der Waals surface area (Å²) in [5.74, 6) is -2.92. The zero-order valence-electron chi connectivity index (χ0n) is 78.9. The maximum Gasteiger partial charge on any atom is 0.220 e. The summed E-state index contributed by atoms with van der Waals surface area (Å²) in [6.45, 7) is -0.161. The lowest BCUT2D eigenvalue weighted by atomic mass is 9.93. The summed E-state index contributed by atoms with van der Waals surface area (Å²) in [7, 11) is 0. The molecule has 42 nitrogen and oxygen atoms in total. The van der Waals surface area contributed by atoms with Gasteiger partial charge in [0.05, 0.1) is 65.0 Å². The summed E-state index contributed by atoms with van der Waals surface area (Å²) < 4.78 is 84.3. The van der Waals surface area contributed by atoms with Crippen LogP contribution in [0.2, 0.25) is 0 Å². The molecule has 7 aliphatic heterocycles. The van der Waals surface area contributed by atoms with Crippen molar-refractivity contribution in [2.75, 3.05) is 52.9 Å². The molecule has 0 saturated carbocycles. The molecule has 0 radical (unpaired) electrons. The molecule has 0 spiro atoms. The molecule has 0 aliphatic carbocycles. The molecular weight excluding hydrogens is 1770 g/mol. The van der Waals surface area contributed by atoms with E-state index >= 15 is 0 Å². The van der Waals surface area contributed by atoms with Crippen LogP contribution in [0.3, 0.4) is 0 Å². The third-order valence-corrected chi connectivity index (χ3v) is 26.2. The highest BCUT2D eigenvalue weighted by Crippen LogP contribution is 2.39. The van der Waals surface area contributed by atoms with Gasteiger partial charge in [-0.1, -0.05) is 231 Å². The van der Waals surface area contributed by atoms with Crippen LogP contribution in [0.4, 0.5) is 0 Å². The van der Waals surface area contributed by atoms with E-state index in [1.807, 2.05) is 6.08 Å². The quantitative estimate of drug-likeness (QED) is 0.0248. The van der Waals surface area contributed by atoms with Crippen molar-refractivity contribution < 1.29 is 188 Å². The Morgan fingerprint density at radius 1 is 0.299 bits per heavy atom. The molecule has 7 saturated heterocycles. The monoisotopic (exact) mass is 1940 g/mol. The molecule has 7 rings (SSSR count). The molecule has 0 aromatic rings. The Morgan fingerprint density at radius 2 is 0.612 bits per heavy atom. The Labute approximate surface area is 787 Å². The molecule has 37 atom stereocenters. The first-order valence-corrected chi connectivity index (χ1v) is 49.5. The van der Waals surface area contributed by atoms with E-state index < -0.39 is 303 Å². The second-order valence-electron chi connectivity index (χ2n) is 37.1. The Kier molecular flexibility index (Phi) is 55.4. The highest BCUT2D eigenvalue weighted by Gasteiger charge is 2.59. The number of hydrogen-bond acceptors (Lipinski definition) is 38. The van der Waals surface area contributed by atoms with E-state index in [2.05, 4.69) is 35.1 Å². The number of unbranched alkanes of at least 4 members (excludes halogenated alkanes) is 33. The van der Waals surface area contributed by atoms with E-state index in [9.17, 15) is 121 Å². The molecule has 0 aromatic carbocycles. The van der Waals surface area contributed by atoms with Crippen molar-refractivity contribution in [2.24, 2.45) is 0 Å². The number of amides is 4. The number of aliphatic hydroxyl groups is 20. The Morgan fingerprint density at radius 3 is 1.05 bits per heavy atom. The van der Waals surface area contributed by atoms with E-state index in [0.717, 1.165) is 85.0 Å². The second kappa shape index (κ2) is 63.3. The van der Waals surface area contributed by atoms with Crippen molar-refractivity contribution in [1.82, 2.24) is 21.3 Å². The number of aliphatic hydroxyl groups excluding tert-OH is 20. The summed E-state index contributed by atoms with van der Waals surface area (Å²) in [6, 6.07) is -6.41. The van der Waals surface area contributed by atoms with Crippen molar-refractivity contribution in [1.29, 1.82) is 0 Å². The first kappa shape index (κ1) is 117. The lowest BCUT2D eigenvalue weighted by Crippen LogP contribution is -2.71. The molecule has 42 heteroatoms. The number of allylic oxidation sites excluding steroid dienone is 1. The van der Waals surface area contributed by atoms with Gasteiger partial charge in [0.25, 0.3) is 0 Å². The van der Waals surface area contributed by atoms with Crippen molar-refractivity contribution in [3.05, 3.63) is 12.2 Å². The molecule has 7 aliphatic rings. The van der Waals surface area contributed by atoms with Crippen LogP contribution in [0.1, 0.15) is 266 Å². The van der Waals surface area contributed by atoms with Crippen LogP contribution < -0.4 is 21.3 Å². The minimum absolute atomic E-state index is 0.121. The maximum absolute atomic E-state index is 13.8. The summed E-state index contributed by atoms with van der Waals surface area (Å²) in [4.78, 5) is 52.3.